The Bertz CT molecular complexity index is 303. The van der Waals surface area contributed by atoms with Crippen LogP contribution < -0.4 is 0 Å². The molecule has 0 spiro atoms. The molecule has 0 radical (unpaired) electrons. The quantitative estimate of drug-likeness (QED) is 0.821. The molecule has 0 aromatic heterocycles. The molecule has 1 aliphatic rings. The molecule has 0 aromatic carbocycles. The van der Waals surface area contributed by atoms with Gasteiger partial charge in [0.1, 0.15) is 5.67 Å². The largest absolute Gasteiger partial charge is 0.465 e. The van der Waals surface area contributed by atoms with E-state index in [4.69, 9.17) is 5.11 Å². The van der Waals surface area contributed by atoms with Crippen LogP contribution in [0.5, 0.6) is 0 Å². The first-order valence-electron chi connectivity index (χ1n) is 6.52. The van der Waals surface area contributed by atoms with Gasteiger partial charge in [0.15, 0.2) is 0 Å². The highest BCUT2D eigenvalue weighted by molar-refractivity contribution is 5.66. The van der Waals surface area contributed by atoms with Gasteiger partial charge in [-0.1, -0.05) is 20.8 Å². The minimum absolute atomic E-state index is 0.0599. The van der Waals surface area contributed by atoms with Crippen LogP contribution in [0.15, 0.2) is 0 Å². The van der Waals surface area contributed by atoms with Crippen molar-refractivity contribution in [1.29, 1.82) is 0 Å². The van der Waals surface area contributed by atoms with Crippen LogP contribution in [-0.4, -0.2) is 46.1 Å². The molecule has 4 nitrogen and oxygen atoms in total. The van der Waals surface area contributed by atoms with Gasteiger partial charge in [-0.25, -0.2) is 9.18 Å². The van der Waals surface area contributed by atoms with Crippen molar-refractivity contribution in [3.63, 3.8) is 0 Å². The van der Waals surface area contributed by atoms with Gasteiger partial charge < -0.3 is 15.1 Å². The fourth-order valence-corrected chi connectivity index (χ4v) is 3.17. The summed E-state index contributed by atoms with van der Waals surface area (Å²) in [6.45, 7) is 5.93. The van der Waals surface area contributed by atoms with Crippen molar-refractivity contribution in [3.8, 4) is 0 Å². The lowest BCUT2D eigenvalue weighted by molar-refractivity contribution is -0.0641. The van der Waals surface area contributed by atoms with Gasteiger partial charge in [-0.3, -0.25) is 0 Å². The first-order valence-corrected chi connectivity index (χ1v) is 6.52. The second-order valence-corrected chi connectivity index (χ2v) is 6.21. The number of alkyl halides is 1. The molecule has 5 heteroatoms. The number of carboxylic acid groups (broad SMARTS) is 1. The third-order valence-electron chi connectivity index (χ3n) is 3.61. The number of amides is 1. The first-order chi connectivity index (χ1) is 8.22. The molecular formula is C13H24FNO3. The highest BCUT2D eigenvalue weighted by Crippen LogP contribution is 2.43. The van der Waals surface area contributed by atoms with Crippen LogP contribution >= 0.6 is 0 Å². The summed E-state index contributed by atoms with van der Waals surface area (Å²) in [5.41, 5.74) is -1.99. The molecular weight excluding hydrogens is 237 g/mol. The van der Waals surface area contributed by atoms with Crippen molar-refractivity contribution in [2.24, 2.45) is 5.41 Å². The molecule has 0 aliphatic carbocycles. The molecule has 1 aliphatic heterocycles. The van der Waals surface area contributed by atoms with Crippen molar-refractivity contribution >= 4 is 6.09 Å². The lowest BCUT2D eigenvalue weighted by Crippen LogP contribution is -2.61. The molecule has 0 aromatic rings. The van der Waals surface area contributed by atoms with Crippen LogP contribution in [0.1, 0.15) is 46.5 Å². The first kappa shape index (κ1) is 15.2. The topological polar surface area (TPSA) is 60.8 Å². The Morgan fingerprint density at radius 2 is 2.11 bits per heavy atom. The maximum Gasteiger partial charge on any atom is 0.407 e. The summed E-state index contributed by atoms with van der Waals surface area (Å²) in [4.78, 5) is 12.5. The Morgan fingerprint density at radius 1 is 1.50 bits per heavy atom. The number of halogens is 1. The molecule has 2 atom stereocenters. The number of nitrogens with zero attached hydrogens (tertiary/aromatic N) is 1. The van der Waals surface area contributed by atoms with Crippen molar-refractivity contribution < 1.29 is 19.4 Å². The molecule has 1 saturated heterocycles. The number of rotatable bonds is 3. The average molecular weight is 261 g/mol. The Morgan fingerprint density at radius 3 is 2.56 bits per heavy atom. The minimum atomic E-state index is -1.53. The van der Waals surface area contributed by atoms with E-state index in [0.29, 0.717) is 25.8 Å². The van der Waals surface area contributed by atoms with E-state index in [1.807, 2.05) is 20.8 Å². The predicted molar refractivity (Wildman–Crippen MR) is 67.4 cm³/mol. The van der Waals surface area contributed by atoms with Gasteiger partial charge in [-0.15, -0.1) is 0 Å². The number of likely N-dealkylation sites (tertiary alicyclic amines) is 1. The highest BCUT2D eigenvalue weighted by Gasteiger charge is 2.51. The standard InChI is InChI=1S/C13H24FNO3/c1-12(2,3)10-13(14,7-5-9-16)6-4-8-15(10)11(17)18/h10,16H,4-9H2,1-3H3,(H,17,18). The molecule has 0 bridgehead atoms. The predicted octanol–water partition coefficient (Wildman–Crippen LogP) is 2.66. The molecule has 106 valence electrons. The van der Waals surface area contributed by atoms with E-state index in [9.17, 15) is 9.90 Å². The zero-order valence-corrected chi connectivity index (χ0v) is 11.4. The van der Waals surface area contributed by atoms with Gasteiger partial charge >= 0.3 is 6.09 Å². The van der Waals surface area contributed by atoms with Crippen LogP contribution in [0.3, 0.4) is 0 Å². The third kappa shape index (κ3) is 3.13. The number of piperidine rings is 1. The molecule has 1 amide bonds. The van der Waals surface area contributed by atoms with Gasteiger partial charge in [0, 0.05) is 13.2 Å². The SMILES string of the molecule is CC(C)(C)C1N(C(=O)O)CCCC1(F)CCCO. The van der Waals surface area contributed by atoms with Gasteiger partial charge in [-0.2, -0.15) is 0 Å². The summed E-state index contributed by atoms with van der Waals surface area (Å²) in [6.07, 6.45) is 0.450. The minimum Gasteiger partial charge on any atom is -0.465 e. The molecule has 2 N–H and O–H groups in total. The van der Waals surface area contributed by atoms with E-state index in [2.05, 4.69) is 0 Å². The van der Waals surface area contributed by atoms with Gasteiger partial charge in [0.2, 0.25) is 0 Å². The lowest BCUT2D eigenvalue weighted by atomic mass is 9.70. The highest BCUT2D eigenvalue weighted by atomic mass is 19.1. The van der Waals surface area contributed by atoms with Crippen LogP contribution in [0.25, 0.3) is 0 Å². The maximum absolute atomic E-state index is 15.1. The number of hydrogen-bond donors (Lipinski definition) is 2. The summed E-state index contributed by atoms with van der Waals surface area (Å²) >= 11 is 0. The van der Waals surface area contributed by atoms with E-state index in [1.54, 1.807) is 0 Å². The van der Waals surface area contributed by atoms with Crippen LogP contribution in [0, 0.1) is 5.41 Å². The normalized spacial score (nSPS) is 29.4. The smallest absolute Gasteiger partial charge is 0.407 e. The summed E-state index contributed by atoms with van der Waals surface area (Å²) in [5, 5.41) is 18.1. The maximum atomic E-state index is 15.1. The summed E-state index contributed by atoms with van der Waals surface area (Å²) in [6, 6.07) is -0.650. The Balaban J connectivity index is 3.02. The van der Waals surface area contributed by atoms with Crippen molar-refractivity contribution in [3.05, 3.63) is 0 Å². The van der Waals surface area contributed by atoms with Gasteiger partial charge in [0.25, 0.3) is 0 Å². The molecule has 18 heavy (non-hydrogen) atoms. The summed E-state index contributed by atoms with van der Waals surface area (Å²) in [7, 11) is 0. The van der Waals surface area contributed by atoms with E-state index in [1.165, 1.54) is 4.90 Å². The Labute approximate surface area is 108 Å². The van der Waals surface area contributed by atoms with Gasteiger partial charge in [0.05, 0.1) is 6.04 Å². The zero-order valence-electron chi connectivity index (χ0n) is 11.4. The lowest BCUT2D eigenvalue weighted by Gasteiger charge is -2.50. The Hall–Kier alpha value is -0.840. The number of carbonyl (C=O) groups is 1. The summed E-state index contributed by atoms with van der Waals surface area (Å²) in [5.74, 6) is 0. The monoisotopic (exact) mass is 261 g/mol. The van der Waals surface area contributed by atoms with Crippen molar-refractivity contribution in [2.75, 3.05) is 13.2 Å². The third-order valence-corrected chi connectivity index (χ3v) is 3.61. The molecule has 1 fully saturated rings. The van der Waals surface area contributed by atoms with Crippen LogP contribution in [-0.2, 0) is 0 Å². The average Bonchev–Trinajstić information content (AvgIpc) is 2.24. The van der Waals surface area contributed by atoms with E-state index in [0.717, 1.165) is 0 Å². The Kier molecular flexibility index (Phi) is 4.59. The van der Waals surface area contributed by atoms with Crippen LogP contribution in [0.2, 0.25) is 0 Å². The van der Waals surface area contributed by atoms with E-state index < -0.39 is 23.2 Å². The van der Waals surface area contributed by atoms with Crippen molar-refractivity contribution in [2.45, 2.75) is 58.2 Å². The fraction of sp³-hybridized carbons (Fsp3) is 0.923. The second kappa shape index (κ2) is 5.43. The van der Waals surface area contributed by atoms with Gasteiger partial charge in [-0.05, 0) is 31.1 Å². The van der Waals surface area contributed by atoms with Crippen molar-refractivity contribution in [1.82, 2.24) is 4.90 Å². The molecule has 1 heterocycles. The second-order valence-electron chi connectivity index (χ2n) is 6.21. The number of aliphatic hydroxyl groups excluding tert-OH is 1. The fourth-order valence-electron chi connectivity index (χ4n) is 3.17. The molecule has 1 rings (SSSR count). The zero-order chi connectivity index (χ0) is 14.0. The van der Waals surface area contributed by atoms with E-state index >= 15 is 4.39 Å². The molecule has 0 saturated carbocycles. The summed E-state index contributed by atoms with van der Waals surface area (Å²) < 4.78 is 15.1. The number of hydrogen-bond acceptors (Lipinski definition) is 2. The van der Waals surface area contributed by atoms with Crippen LogP contribution in [0.4, 0.5) is 9.18 Å². The molecule has 2 unspecified atom stereocenters. The number of aliphatic hydroxyl groups is 1. The van der Waals surface area contributed by atoms with E-state index in [-0.39, 0.29) is 13.0 Å².